The van der Waals surface area contributed by atoms with Crippen LogP contribution in [0.3, 0.4) is 0 Å². The molecule has 0 atom stereocenters. The molecule has 0 bridgehead atoms. The van der Waals surface area contributed by atoms with Crippen molar-refractivity contribution in [2.45, 2.75) is 136 Å². The first-order chi connectivity index (χ1) is 20.5. The molecule has 0 unspecified atom stereocenters. The molecule has 8 heteroatoms. The molecule has 41 heavy (non-hydrogen) atoms. The second-order valence-electron chi connectivity index (χ2n) is 9.53. The van der Waals surface area contributed by atoms with Crippen molar-refractivity contribution in [3.05, 3.63) is 37.0 Å². The van der Waals surface area contributed by atoms with Gasteiger partial charge in [0.25, 0.3) is 0 Å². The fourth-order valence-corrected chi connectivity index (χ4v) is 3.90. The third-order valence-corrected chi connectivity index (χ3v) is 6.07. The van der Waals surface area contributed by atoms with Gasteiger partial charge in [0.15, 0.2) is 0 Å². The molecule has 0 aromatic carbocycles. The minimum absolute atomic E-state index is 0. The molecule has 0 saturated heterocycles. The molecule has 0 aliphatic carbocycles. The predicted molar refractivity (Wildman–Crippen MR) is 174 cm³/mol. The number of hydrogen-bond acceptors (Lipinski definition) is 4. The van der Waals surface area contributed by atoms with Crippen molar-refractivity contribution in [1.29, 1.82) is 1.34 Å². The number of alkyl halides is 2. The van der Waals surface area contributed by atoms with E-state index in [1.807, 2.05) is 12.2 Å². The van der Waals surface area contributed by atoms with Crippen LogP contribution in [0.2, 0.25) is 0 Å². The number of ether oxygens (including phenoxy) is 2. The fraction of sp³-hybridized carbons (Fsp3) is 0.758. The molecule has 0 fully saturated rings. The van der Waals surface area contributed by atoms with E-state index >= 15 is 0 Å². The van der Waals surface area contributed by atoms with E-state index in [4.69, 9.17) is 23.8 Å². The van der Waals surface area contributed by atoms with Crippen molar-refractivity contribution in [2.24, 2.45) is 0 Å². The number of carbonyl (C=O) groups is 2. The van der Waals surface area contributed by atoms with E-state index in [-0.39, 0.29) is 43.1 Å². The number of halogens is 2. The average molecular weight is 827 g/mol. The minimum atomic E-state index is -1.00. The van der Waals surface area contributed by atoms with Crippen LogP contribution in [0.5, 0.6) is 0 Å². The molecule has 0 rings (SSSR count). The van der Waals surface area contributed by atoms with E-state index < -0.39 is 7.15 Å². The maximum Gasteiger partial charge on any atom is 0.302 e. The van der Waals surface area contributed by atoms with Crippen LogP contribution in [-0.4, -0.2) is 47.9 Å². The molecule has 0 aromatic rings. The Bertz CT molecular complexity index is 603. The Kier molecular flexibility index (Phi) is 53.9. The smallest absolute Gasteiger partial charge is 0.302 e. The Morgan fingerprint density at radius 2 is 1.02 bits per heavy atom. The Labute approximate surface area is 286 Å². The van der Waals surface area contributed by atoms with Gasteiger partial charge in [-0.25, -0.2) is 0 Å². The Hall–Kier alpha value is -0.503. The normalized spacial score (nSPS) is 10.4. The van der Waals surface area contributed by atoms with Gasteiger partial charge in [-0.3, -0.25) is 14.0 Å². The van der Waals surface area contributed by atoms with E-state index in [0.717, 1.165) is 25.1 Å². The molecule has 0 aliphatic rings. The minimum Gasteiger partial charge on any atom is -0.466 e. The fourth-order valence-electron chi connectivity index (χ4n) is 3.77. The molecule has 0 spiro atoms. The van der Waals surface area contributed by atoms with Crippen molar-refractivity contribution >= 4 is 31.9 Å². The van der Waals surface area contributed by atoms with Gasteiger partial charge in [-0.2, -0.15) is 0 Å². The van der Waals surface area contributed by atoms with Gasteiger partial charge in [-0.05, 0) is 46.3 Å². The van der Waals surface area contributed by atoms with E-state index in [9.17, 15) is 14.0 Å². The zero-order valence-electron chi connectivity index (χ0n) is 28.3. The zero-order valence-corrected chi connectivity index (χ0v) is 31.2. The monoisotopic (exact) mass is 826 g/mol. The largest absolute Gasteiger partial charge is 0.466 e. The molecule has 0 heterocycles. The van der Waals surface area contributed by atoms with Crippen LogP contribution < -0.4 is 0 Å². The average Bonchev–Trinajstić information content (AvgIpc) is 2.97. The standard InChI is InChI=1S/C16H29ClO2.C16H28O2.CH3F.BH.U/c1-16(18)19-15-13-11-9-7-5-3-2-4-6-8-10-12-14-17;1-3-4-5-6-7-8-9-10-11-12-13-14-15-18-16(2)17;1-2;;/h8,10H,2-7,9,11-15H2,1H3;3-5H,1,6-15H2,2H3;1H3;1H;/b10-8-;5-4-;;;/i;;2*1D;. The summed E-state index contributed by atoms with van der Waals surface area (Å²) in [7, 11) is 2.75. The van der Waals surface area contributed by atoms with Crippen LogP contribution in [0.25, 0.3) is 0 Å². The molecule has 0 amide bonds. The van der Waals surface area contributed by atoms with E-state index in [0.29, 0.717) is 13.2 Å². The second kappa shape index (κ2) is 49.2. The van der Waals surface area contributed by atoms with Crippen LogP contribution in [-0.2, 0) is 19.1 Å². The molecular weight excluding hydrogens is 764 g/mol. The third kappa shape index (κ3) is 59.7. The Balaban J connectivity index is -0.000000191. The maximum absolute atomic E-state index is 10.5. The first-order valence-corrected chi connectivity index (χ1v) is 15.6. The van der Waals surface area contributed by atoms with E-state index in [1.54, 1.807) is 0 Å². The van der Waals surface area contributed by atoms with Crippen LogP contribution in [0.1, 0.15) is 137 Å². The molecule has 0 N–H and O–H groups in total. The summed E-state index contributed by atoms with van der Waals surface area (Å²) in [5, 5.41) is 0. The number of allylic oxidation sites excluding steroid dienone is 5. The zero-order chi connectivity index (χ0) is 32.4. The molecule has 0 aliphatic heterocycles. The van der Waals surface area contributed by atoms with Gasteiger partial charge in [0, 0.05) is 59.2 Å². The SMILES string of the molecule is C=C/C=C\CCCCCCCCCCOC(C)=O.CC(=O)OCCCCCCCCCC/C=C\CCCl.[2H]CF.[2H][B].[U]. The molecule has 238 valence electrons. The van der Waals surface area contributed by atoms with Gasteiger partial charge in [0.2, 0.25) is 0 Å². The third-order valence-electron chi connectivity index (χ3n) is 5.86. The quantitative estimate of drug-likeness (QED) is 0.0230. The van der Waals surface area contributed by atoms with Gasteiger partial charge in [-0.1, -0.05) is 114 Å². The van der Waals surface area contributed by atoms with Crippen molar-refractivity contribution in [1.82, 2.24) is 0 Å². The summed E-state index contributed by atoms with van der Waals surface area (Å²) >= 11 is 5.58. The summed E-state index contributed by atoms with van der Waals surface area (Å²) in [6.07, 6.45) is 33.9. The van der Waals surface area contributed by atoms with Gasteiger partial charge in [0.05, 0.1) is 21.7 Å². The summed E-state index contributed by atoms with van der Waals surface area (Å²) in [5.41, 5.74) is 0. The molecular formula is C33H61BClFO4U. The number of hydrogen-bond donors (Lipinski definition) is 0. The first kappa shape index (κ1) is 44.9. The van der Waals surface area contributed by atoms with E-state index in [2.05, 4.69) is 33.2 Å². The summed E-state index contributed by atoms with van der Waals surface area (Å²) in [5.74, 6) is 0.397. The van der Waals surface area contributed by atoms with Crippen LogP contribution >= 0.6 is 11.6 Å². The number of unbranched alkanes of at least 4 members (excludes halogenated alkanes) is 16. The molecule has 0 saturated carbocycles. The summed E-state index contributed by atoms with van der Waals surface area (Å²) < 4.78 is 30.5. The van der Waals surface area contributed by atoms with Crippen LogP contribution in [0.4, 0.5) is 4.39 Å². The number of esters is 2. The van der Waals surface area contributed by atoms with Gasteiger partial charge in [-0.15, -0.1) is 11.6 Å². The van der Waals surface area contributed by atoms with Crippen molar-refractivity contribution < 1.29 is 55.9 Å². The van der Waals surface area contributed by atoms with Crippen molar-refractivity contribution in [3.8, 4) is 0 Å². The summed E-state index contributed by atoms with van der Waals surface area (Å²) in [4.78, 5) is 21.0. The Morgan fingerprint density at radius 3 is 1.37 bits per heavy atom. The van der Waals surface area contributed by atoms with Crippen LogP contribution in [0.15, 0.2) is 37.0 Å². The summed E-state index contributed by atoms with van der Waals surface area (Å²) in [6, 6.07) is 0. The van der Waals surface area contributed by atoms with Gasteiger partial charge in [0.1, 0.15) is 0 Å². The topological polar surface area (TPSA) is 52.6 Å². The number of rotatable bonds is 25. The van der Waals surface area contributed by atoms with E-state index in [1.165, 1.54) is 117 Å². The Morgan fingerprint density at radius 1 is 0.707 bits per heavy atom. The van der Waals surface area contributed by atoms with Gasteiger partial charge < -0.3 is 9.47 Å². The van der Waals surface area contributed by atoms with Crippen LogP contribution in [0, 0.1) is 31.1 Å². The molecule has 4 nitrogen and oxygen atoms in total. The maximum atomic E-state index is 10.5. The van der Waals surface area contributed by atoms with Crippen molar-refractivity contribution in [2.75, 3.05) is 26.2 Å². The predicted octanol–water partition coefficient (Wildman–Crippen LogP) is 9.99. The molecule has 2 radical (unpaired) electrons. The van der Waals surface area contributed by atoms with Crippen molar-refractivity contribution in [3.63, 3.8) is 0 Å². The van der Waals surface area contributed by atoms with Gasteiger partial charge >= 0.3 is 11.9 Å². The molecule has 0 aromatic heterocycles. The first-order valence-electron chi connectivity index (χ1n) is 16.3. The summed E-state index contributed by atoms with van der Waals surface area (Å²) in [6.45, 7) is 7.75. The number of carbonyl (C=O) groups excluding carboxylic acids is 2. The second-order valence-corrected chi connectivity index (χ2v) is 9.91.